The molecule has 8 heteroatoms. The van der Waals surface area contributed by atoms with Crippen molar-refractivity contribution >= 4 is 15.9 Å². The molecule has 0 saturated carbocycles. The molecule has 2 heterocycles. The first-order valence-corrected chi connectivity index (χ1v) is 8.60. The van der Waals surface area contributed by atoms with Gasteiger partial charge >= 0.3 is 0 Å². The Kier molecular flexibility index (Phi) is 4.67. The molecule has 1 aromatic rings. The summed E-state index contributed by atoms with van der Waals surface area (Å²) in [5, 5.41) is 0.110. The first-order valence-electron chi connectivity index (χ1n) is 7.16. The number of hydrogen-bond donors (Lipinski definition) is 1. The van der Waals surface area contributed by atoms with Crippen LogP contribution in [0.25, 0.3) is 0 Å². The monoisotopic (exact) mass is 314 g/mol. The van der Waals surface area contributed by atoms with Crippen molar-refractivity contribution in [3.05, 3.63) is 12.0 Å². The van der Waals surface area contributed by atoms with Crippen LogP contribution in [0.4, 0.5) is 0 Å². The van der Waals surface area contributed by atoms with Gasteiger partial charge < -0.3 is 9.88 Å². The zero-order valence-electron chi connectivity index (χ0n) is 12.7. The number of sulfonamides is 1. The fourth-order valence-corrected chi connectivity index (χ4v) is 3.74. The van der Waals surface area contributed by atoms with Crippen molar-refractivity contribution in [2.75, 3.05) is 26.7 Å². The second-order valence-electron chi connectivity index (χ2n) is 5.34. The number of rotatable bonds is 6. The number of carbonyl (C=O) groups is 1. The van der Waals surface area contributed by atoms with E-state index in [1.54, 1.807) is 11.9 Å². The number of imidazole rings is 1. The van der Waals surface area contributed by atoms with Crippen molar-refractivity contribution in [2.24, 2.45) is 5.92 Å². The van der Waals surface area contributed by atoms with E-state index in [4.69, 9.17) is 0 Å². The van der Waals surface area contributed by atoms with E-state index < -0.39 is 10.0 Å². The molecule has 1 N–H and O–H groups in total. The van der Waals surface area contributed by atoms with Crippen LogP contribution in [0.3, 0.4) is 0 Å². The highest BCUT2D eigenvalue weighted by Crippen LogP contribution is 2.21. The Morgan fingerprint density at radius 3 is 2.71 bits per heavy atom. The number of carbonyl (C=O) groups excluding carboxylic acids is 1. The smallest absolute Gasteiger partial charge is 0.259 e. The Labute approximate surface area is 125 Å². The van der Waals surface area contributed by atoms with Crippen LogP contribution in [0, 0.1) is 5.92 Å². The molecule has 0 aliphatic carbocycles. The van der Waals surface area contributed by atoms with Crippen molar-refractivity contribution in [3.63, 3.8) is 0 Å². The molecule has 1 aliphatic rings. The predicted octanol–water partition coefficient (Wildman–Crippen LogP) is 0.461. The van der Waals surface area contributed by atoms with E-state index in [9.17, 15) is 13.2 Å². The number of amides is 1. The van der Waals surface area contributed by atoms with Gasteiger partial charge in [0.15, 0.2) is 5.03 Å². The fraction of sp³-hybridized carbons (Fsp3) is 0.692. The standard InChI is InChI=1S/C13H22N4O3S/c1-4-11-14-7-12(15-11)21(19,20)16(3)8-10-6-13(18)17(5-2)9-10/h7,10H,4-6,8-9H2,1-3H3,(H,14,15). The molecule has 1 amide bonds. The summed E-state index contributed by atoms with van der Waals surface area (Å²) >= 11 is 0. The average Bonchev–Trinajstić information content (AvgIpc) is 3.05. The third-order valence-corrected chi connectivity index (χ3v) is 5.55. The summed E-state index contributed by atoms with van der Waals surface area (Å²) in [6, 6.07) is 0. The predicted molar refractivity (Wildman–Crippen MR) is 78.1 cm³/mol. The third-order valence-electron chi connectivity index (χ3n) is 3.82. The number of aryl methyl sites for hydroxylation is 1. The molecule has 1 unspecified atom stereocenters. The third kappa shape index (κ3) is 3.26. The van der Waals surface area contributed by atoms with E-state index in [0.717, 1.165) is 0 Å². The quantitative estimate of drug-likeness (QED) is 0.826. The lowest BCUT2D eigenvalue weighted by Crippen LogP contribution is -2.33. The van der Waals surface area contributed by atoms with Crippen LogP contribution in [-0.2, 0) is 21.2 Å². The van der Waals surface area contributed by atoms with Gasteiger partial charge in [0.1, 0.15) is 5.82 Å². The molecule has 1 fully saturated rings. The Morgan fingerprint density at radius 1 is 1.48 bits per heavy atom. The zero-order chi connectivity index (χ0) is 15.6. The Hall–Kier alpha value is -1.41. The van der Waals surface area contributed by atoms with E-state index in [2.05, 4.69) is 9.97 Å². The molecular formula is C13H22N4O3S. The minimum absolute atomic E-state index is 0.0470. The van der Waals surface area contributed by atoms with E-state index in [0.29, 0.717) is 38.3 Å². The number of nitrogens with one attached hydrogen (secondary N) is 1. The van der Waals surface area contributed by atoms with Crippen LogP contribution in [-0.4, -0.2) is 60.2 Å². The molecule has 0 bridgehead atoms. The van der Waals surface area contributed by atoms with Crippen molar-refractivity contribution < 1.29 is 13.2 Å². The van der Waals surface area contributed by atoms with E-state index >= 15 is 0 Å². The highest BCUT2D eigenvalue weighted by atomic mass is 32.2. The fourth-order valence-electron chi connectivity index (χ4n) is 2.57. The highest BCUT2D eigenvalue weighted by Gasteiger charge is 2.32. The minimum Gasteiger partial charge on any atom is -0.343 e. The summed E-state index contributed by atoms with van der Waals surface area (Å²) in [5.41, 5.74) is 0. The molecule has 2 rings (SSSR count). The second-order valence-corrected chi connectivity index (χ2v) is 7.35. The number of likely N-dealkylation sites (tertiary alicyclic amines) is 1. The molecule has 1 saturated heterocycles. The van der Waals surface area contributed by atoms with Gasteiger partial charge in [0.05, 0.1) is 6.20 Å². The van der Waals surface area contributed by atoms with E-state index in [-0.39, 0.29) is 16.9 Å². The Balaban J connectivity index is 2.05. The molecule has 21 heavy (non-hydrogen) atoms. The number of H-pyrrole nitrogens is 1. The summed E-state index contributed by atoms with van der Waals surface area (Å²) in [4.78, 5) is 20.3. The zero-order valence-corrected chi connectivity index (χ0v) is 13.5. The first-order chi connectivity index (χ1) is 9.88. The summed E-state index contributed by atoms with van der Waals surface area (Å²) in [7, 11) is -2.03. The van der Waals surface area contributed by atoms with Gasteiger partial charge in [0.25, 0.3) is 10.0 Å². The molecule has 1 aliphatic heterocycles. The molecule has 118 valence electrons. The summed E-state index contributed by atoms with van der Waals surface area (Å²) in [5.74, 6) is 0.795. The molecular weight excluding hydrogens is 292 g/mol. The van der Waals surface area contributed by atoms with Gasteiger partial charge in [0, 0.05) is 39.5 Å². The lowest BCUT2D eigenvalue weighted by atomic mass is 10.1. The summed E-state index contributed by atoms with van der Waals surface area (Å²) in [6.45, 7) is 5.47. The van der Waals surface area contributed by atoms with Crippen molar-refractivity contribution in [1.82, 2.24) is 19.2 Å². The topological polar surface area (TPSA) is 86.4 Å². The molecule has 1 atom stereocenters. The van der Waals surface area contributed by atoms with Crippen LogP contribution in [0.15, 0.2) is 11.2 Å². The Morgan fingerprint density at radius 2 is 2.19 bits per heavy atom. The molecule has 0 aromatic carbocycles. The van der Waals surface area contributed by atoms with Gasteiger partial charge in [-0.3, -0.25) is 4.79 Å². The molecule has 7 nitrogen and oxygen atoms in total. The van der Waals surface area contributed by atoms with E-state index in [1.165, 1.54) is 10.5 Å². The van der Waals surface area contributed by atoms with Gasteiger partial charge in [-0.05, 0) is 12.8 Å². The van der Waals surface area contributed by atoms with Crippen LogP contribution >= 0.6 is 0 Å². The lowest BCUT2D eigenvalue weighted by Gasteiger charge is -2.20. The highest BCUT2D eigenvalue weighted by molar-refractivity contribution is 7.89. The number of hydrogen-bond acceptors (Lipinski definition) is 4. The van der Waals surface area contributed by atoms with Crippen LogP contribution in [0.2, 0.25) is 0 Å². The maximum Gasteiger partial charge on any atom is 0.259 e. The van der Waals surface area contributed by atoms with Gasteiger partial charge in [-0.2, -0.15) is 4.31 Å². The number of aromatic amines is 1. The van der Waals surface area contributed by atoms with Crippen LogP contribution in [0.1, 0.15) is 26.1 Å². The number of nitrogens with zero attached hydrogens (tertiary/aromatic N) is 3. The molecule has 0 spiro atoms. The van der Waals surface area contributed by atoms with Crippen molar-refractivity contribution in [1.29, 1.82) is 0 Å². The minimum atomic E-state index is -3.57. The summed E-state index contributed by atoms with van der Waals surface area (Å²) in [6.07, 6.45) is 2.42. The average molecular weight is 314 g/mol. The van der Waals surface area contributed by atoms with Gasteiger partial charge in [0.2, 0.25) is 5.91 Å². The van der Waals surface area contributed by atoms with Crippen LogP contribution < -0.4 is 0 Å². The normalized spacial score (nSPS) is 19.7. The van der Waals surface area contributed by atoms with E-state index in [1.807, 2.05) is 13.8 Å². The van der Waals surface area contributed by atoms with Crippen molar-refractivity contribution in [3.8, 4) is 0 Å². The maximum absolute atomic E-state index is 12.4. The Bertz CT molecular complexity index is 611. The SMILES string of the molecule is CCc1ncc(S(=O)(=O)N(C)CC2CC(=O)N(CC)C2)[nH]1. The number of aromatic nitrogens is 2. The maximum atomic E-state index is 12.4. The van der Waals surface area contributed by atoms with Gasteiger partial charge in [-0.15, -0.1) is 0 Å². The lowest BCUT2D eigenvalue weighted by molar-refractivity contribution is -0.127. The van der Waals surface area contributed by atoms with Crippen LogP contribution in [0.5, 0.6) is 0 Å². The summed E-state index contributed by atoms with van der Waals surface area (Å²) < 4.78 is 26.2. The van der Waals surface area contributed by atoms with Gasteiger partial charge in [-0.25, -0.2) is 13.4 Å². The molecule has 1 aromatic heterocycles. The molecule has 0 radical (unpaired) electrons. The first kappa shape index (κ1) is 16.0. The second kappa shape index (κ2) is 6.15. The van der Waals surface area contributed by atoms with Gasteiger partial charge in [-0.1, -0.05) is 6.92 Å². The van der Waals surface area contributed by atoms with Crippen molar-refractivity contribution in [2.45, 2.75) is 31.7 Å². The largest absolute Gasteiger partial charge is 0.343 e.